The highest BCUT2D eigenvalue weighted by molar-refractivity contribution is 6.34. The largest absolute Gasteiger partial charge is 0.497 e. The van der Waals surface area contributed by atoms with Crippen molar-refractivity contribution >= 4 is 35.3 Å². The zero-order chi connectivity index (χ0) is 31.0. The van der Waals surface area contributed by atoms with Crippen LogP contribution in [-0.4, -0.2) is 68.2 Å². The van der Waals surface area contributed by atoms with Gasteiger partial charge in [-0.1, -0.05) is 35.3 Å². The molecule has 0 saturated carbocycles. The van der Waals surface area contributed by atoms with Crippen molar-refractivity contribution < 1.29 is 38.4 Å². The van der Waals surface area contributed by atoms with Crippen LogP contribution in [0.2, 0.25) is 10.0 Å². The number of hydrogen-bond donors (Lipinski definition) is 1. The number of aliphatic carboxylic acids is 1. The third kappa shape index (κ3) is 12.3. The van der Waals surface area contributed by atoms with Crippen molar-refractivity contribution in [2.24, 2.45) is 0 Å². The number of hydrogen-bond acceptors (Lipinski definition) is 7. The van der Waals surface area contributed by atoms with Gasteiger partial charge in [0.1, 0.15) is 23.9 Å². The molecule has 3 aromatic rings. The molecule has 0 aliphatic rings. The van der Waals surface area contributed by atoms with Crippen LogP contribution in [0, 0.1) is 0 Å². The summed E-state index contributed by atoms with van der Waals surface area (Å²) in [5.41, 5.74) is 1.71. The quantitative estimate of drug-likeness (QED) is 0.151. The molecule has 232 valence electrons. The summed E-state index contributed by atoms with van der Waals surface area (Å²) in [6, 6.07) is 19.2. The first kappa shape index (κ1) is 34.0. The molecule has 3 aromatic carbocycles. The number of nitrogens with zero attached hydrogens (tertiary/aromatic N) is 1. The first-order valence-corrected chi connectivity index (χ1v) is 14.7. The molecule has 1 amide bonds. The van der Waals surface area contributed by atoms with Crippen LogP contribution in [0.1, 0.15) is 30.9 Å². The molecule has 43 heavy (non-hydrogen) atoms. The Bertz CT molecular complexity index is 1270. The van der Waals surface area contributed by atoms with Gasteiger partial charge in [0, 0.05) is 36.2 Å². The van der Waals surface area contributed by atoms with Crippen molar-refractivity contribution in [3.05, 3.63) is 87.9 Å². The topological polar surface area (TPSA) is 104 Å². The van der Waals surface area contributed by atoms with Gasteiger partial charge < -0.3 is 33.7 Å². The molecule has 0 saturated heterocycles. The number of amides is 1. The third-order valence-corrected chi connectivity index (χ3v) is 6.73. The summed E-state index contributed by atoms with van der Waals surface area (Å²) in [6.07, 6.45) is 0.275. The van der Waals surface area contributed by atoms with Crippen molar-refractivity contribution in [3.63, 3.8) is 0 Å². The second-order valence-corrected chi connectivity index (χ2v) is 10.4. The normalized spacial score (nSPS) is 11.5. The Morgan fingerprint density at radius 3 is 2.12 bits per heavy atom. The number of benzene rings is 3. The Morgan fingerprint density at radius 1 is 0.837 bits per heavy atom. The lowest BCUT2D eigenvalue weighted by Crippen LogP contribution is -2.37. The highest BCUT2D eigenvalue weighted by Gasteiger charge is 2.18. The zero-order valence-corrected chi connectivity index (χ0v) is 25.8. The molecule has 0 aliphatic carbocycles. The van der Waals surface area contributed by atoms with E-state index in [2.05, 4.69) is 0 Å². The van der Waals surface area contributed by atoms with Crippen molar-refractivity contribution in [3.8, 4) is 17.2 Å². The first-order valence-electron chi connectivity index (χ1n) is 14.0. The molecule has 1 unspecified atom stereocenters. The molecule has 9 nitrogen and oxygen atoms in total. The van der Waals surface area contributed by atoms with Crippen LogP contribution in [0.25, 0.3) is 0 Å². The van der Waals surface area contributed by atoms with E-state index in [1.54, 1.807) is 73.5 Å². The first-order chi connectivity index (χ1) is 20.8. The molecule has 0 heterocycles. The van der Waals surface area contributed by atoms with Gasteiger partial charge in [0.05, 0.1) is 20.3 Å². The third-order valence-electron chi connectivity index (χ3n) is 6.30. The molecule has 1 atom stereocenters. The average Bonchev–Trinajstić information content (AvgIpc) is 2.98. The molecule has 0 spiro atoms. The van der Waals surface area contributed by atoms with Gasteiger partial charge in [-0.15, -0.1) is 0 Å². The Morgan fingerprint density at radius 2 is 1.49 bits per heavy atom. The van der Waals surface area contributed by atoms with E-state index < -0.39 is 18.2 Å². The fourth-order valence-electron chi connectivity index (χ4n) is 4.12. The fourth-order valence-corrected chi connectivity index (χ4v) is 4.69. The van der Waals surface area contributed by atoms with Crippen LogP contribution >= 0.6 is 23.2 Å². The maximum absolute atomic E-state index is 13.0. The molecule has 0 fully saturated rings. The van der Waals surface area contributed by atoms with Gasteiger partial charge in [-0.3, -0.25) is 0 Å². The second kappa shape index (κ2) is 18.2. The lowest BCUT2D eigenvalue weighted by atomic mass is 10.1. The minimum atomic E-state index is -0.999. The monoisotopic (exact) mass is 633 g/mol. The molecule has 11 heteroatoms. The Labute approximate surface area is 262 Å². The number of carboxylic acids is 1. The maximum Gasteiger partial charge on any atom is 0.415 e. The number of unbranched alkanes of at least 4 members (excludes halogenated alkanes) is 1. The fraction of sp³-hybridized carbons (Fsp3) is 0.375. The Balaban J connectivity index is 1.50. The van der Waals surface area contributed by atoms with Crippen molar-refractivity contribution in [2.75, 3.05) is 40.0 Å². The smallest absolute Gasteiger partial charge is 0.415 e. The highest BCUT2D eigenvalue weighted by Crippen LogP contribution is 2.20. The van der Waals surface area contributed by atoms with E-state index >= 15 is 0 Å². The summed E-state index contributed by atoms with van der Waals surface area (Å²) in [4.78, 5) is 26.0. The van der Waals surface area contributed by atoms with Crippen LogP contribution in [0.4, 0.5) is 4.79 Å². The van der Waals surface area contributed by atoms with Crippen LogP contribution in [0.5, 0.6) is 17.2 Å². The average molecular weight is 635 g/mol. The number of rotatable bonds is 18. The predicted octanol–water partition coefficient (Wildman–Crippen LogP) is 6.91. The van der Waals surface area contributed by atoms with Gasteiger partial charge in [-0.25, -0.2) is 9.59 Å². The van der Waals surface area contributed by atoms with Crippen molar-refractivity contribution in [1.82, 2.24) is 4.90 Å². The summed E-state index contributed by atoms with van der Waals surface area (Å²) in [5.74, 6) is 0.668. The summed E-state index contributed by atoms with van der Waals surface area (Å²) in [6.45, 7) is 3.94. The molecular formula is C32H37Cl2NO8. The van der Waals surface area contributed by atoms with E-state index in [4.69, 9.17) is 46.9 Å². The van der Waals surface area contributed by atoms with E-state index in [-0.39, 0.29) is 13.0 Å². The van der Waals surface area contributed by atoms with Gasteiger partial charge >= 0.3 is 12.1 Å². The van der Waals surface area contributed by atoms with Gasteiger partial charge in [-0.05, 0) is 85.5 Å². The Hall–Kier alpha value is -3.50. The number of ether oxygens (including phenoxy) is 5. The number of carboxylic acid groups (broad SMARTS) is 1. The van der Waals surface area contributed by atoms with Crippen LogP contribution < -0.4 is 14.2 Å². The van der Waals surface area contributed by atoms with E-state index in [1.807, 2.05) is 12.1 Å². The molecule has 0 bridgehead atoms. The minimum Gasteiger partial charge on any atom is -0.497 e. The number of halogens is 2. The maximum atomic E-state index is 13.0. The number of methoxy groups -OCH3 is 1. The van der Waals surface area contributed by atoms with Crippen molar-refractivity contribution in [2.45, 2.75) is 38.9 Å². The lowest BCUT2D eigenvalue weighted by molar-refractivity contribution is -0.149. The molecule has 0 aliphatic heterocycles. The van der Waals surface area contributed by atoms with Crippen LogP contribution in [0.3, 0.4) is 0 Å². The second-order valence-electron chi connectivity index (χ2n) is 9.55. The van der Waals surface area contributed by atoms with Crippen LogP contribution in [0.15, 0.2) is 66.7 Å². The Kier molecular flexibility index (Phi) is 14.4. The molecule has 3 rings (SSSR count). The SMILES string of the molecule is CCOC(Cc1ccc(OCCN(CCCCOCc2cc(Cl)cc(Cl)c2)C(=O)Oc2ccc(OC)cc2)cc1)C(=O)O. The van der Waals surface area contributed by atoms with Crippen molar-refractivity contribution in [1.29, 1.82) is 0 Å². The van der Waals surface area contributed by atoms with E-state index in [0.29, 0.717) is 66.6 Å². The summed E-state index contributed by atoms with van der Waals surface area (Å²) in [5, 5.41) is 10.4. The van der Waals surface area contributed by atoms with Gasteiger partial charge in [-0.2, -0.15) is 0 Å². The minimum absolute atomic E-state index is 0.236. The highest BCUT2D eigenvalue weighted by atomic mass is 35.5. The summed E-state index contributed by atoms with van der Waals surface area (Å²) < 4.78 is 27.7. The summed E-state index contributed by atoms with van der Waals surface area (Å²) in [7, 11) is 1.57. The van der Waals surface area contributed by atoms with Gasteiger partial charge in [0.15, 0.2) is 6.10 Å². The van der Waals surface area contributed by atoms with E-state index in [1.165, 1.54) is 0 Å². The molecule has 1 N–H and O–H groups in total. The number of carbonyl (C=O) groups excluding carboxylic acids is 1. The van der Waals surface area contributed by atoms with E-state index in [9.17, 15) is 14.7 Å². The zero-order valence-electron chi connectivity index (χ0n) is 24.3. The summed E-state index contributed by atoms with van der Waals surface area (Å²) >= 11 is 12.1. The molecular weight excluding hydrogens is 597 g/mol. The number of carbonyl (C=O) groups is 2. The van der Waals surface area contributed by atoms with E-state index in [0.717, 1.165) is 17.5 Å². The lowest BCUT2D eigenvalue weighted by Gasteiger charge is -2.22. The van der Waals surface area contributed by atoms with Gasteiger partial charge in [0.25, 0.3) is 0 Å². The molecule has 0 aromatic heterocycles. The predicted molar refractivity (Wildman–Crippen MR) is 165 cm³/mol. The standard InChI is InChI=1S/C32H37Cl2NO8/c1-3-41-30(31(36)37)20-23-6-8-28(9-7-23)42-17-15-35(32(38)43-29-12-10-27(39-2)11-13-29)14-4-5-16-40-22-24-18-25(33)21-26(34)19-24/h6-13,18-19,21,30H,3-5,14-17,20,22H2,1-2H3,(H,36,37). The van der Waals surface area contributed by atoms with Gasteiger partial charge in [0.2, 0.25) is 0 Å². The molecule has 0 radical (unpaired) electrons. The van der Waals surface area contributed by atoms with Crippen LogP contribution in [-0.2, 0) is 27.3 Å².